The van der Waals surface area contributed by atoms with E-state index < -0.39 is 0 Å². The molecular weight excluding hydrogens is 318 g/mol. The minimum atomic E-state index is -0.0537. The first-order valence-electron chi connectivity index (χ1n) is 8.57. The zero-order valence-electron chi connectivity index (χ0n) is 14.4. The molecule has 0 aromatic heterocycles. The SMILES string of the molecule is COc1ccc(C(=O)NCCCCc2ccc3c(c2)OCCO3)cc1. The molecule has 1 aliphatic heterocycles. The summed E-state index contributed by atoms with van der Waals surface area (Å²) in [5.41, 5.74) is 1.87. The normalized spacial score (nSPS) is 12.5. The van der Waals surface area contributed by atoms with Gasteiger partial charge in [0.05, 0.1) is 7.11 Å². The van der Waals surface area contributed by atoms with Crippen molar-refractivity contribution in [3.05, 3.63) is 53.6 Å². The first-order valence-corrected chi connectivity index (χ1v) is 8.57. The van der Waals surface area contributed by atoms with Crippen LogP contribution in [0.3, 0.4) is 0 Å². The van der Waals surface area contributed by atoms with Crippen molar-refractivity contribution < 1.29 is 19.0 Å². The van der Waals surface area contributed by atoms with Crippen LogP contribution in [-0.2, 0) is 6.42 Å². The van der Waals surface area contributed by atoms with Gasteiger partial charge in [-0.2, -0.15) is 0 Å². The van der Waals surface area contributed by atoms with Crippen molar-refractivity contribution >= 4 is 5.91 Å². The number of amides is 1. The monoisotopic (exact) mass is 341 g/mol. The van der Waals surface area contributed by atoms with Crippen molar-refractivity contribution in [1.29, 1.82) is 0 Å². The molecule has 1 N–H and O–H groups in total. The van der Waals surface area contributed by atoms with Crippen LogP contribution >= 0.6 is 0 Å². The second-order valence-corrected chi connectivity index (χ2v) is 5.92. The summed E-state index contributed by atoms with van der Waals surface area (Å²) in [6, 6.07) is 13.2. The zero-order chi connectivity index (χ0) is 17.5. The predicted octanol–water partition coefficient (Wildman–Crippen LogP) is 3.22. The summed E-state index contributed by atoms with van der Waals surface area (Å²) in [5.74, 6) is 2.34. The van der Waals surface area contributed by atoms with Gasteiger partial charge in [-0.1, -0.05) is 6.07 Å². The van der Waals surface area contributed by atoms with E-state index in [1.54, 1.807) is 31.4 Å². The number of carbonyl (C=O) groups excluding carboxylic acids is 1. The van der Waals surface area contributed by atoms with Crippen molar-refractivity contribution in [3.8, 4) is 17.2 Å². The topological polar surface area (TPSA) is 56.8 Å². The van der Waals surface area contributed by atoms with E-state index in [0.29, 0.717) is 25.3 Å². The second kappa shape index (κ2) is 8.42. The number of aryl methyl sites for hydroxylation is 1. The highest BCUT2D eigenvalue weighted by atomic mass is 16.6. The molecule has 2 aromatic carbocycles. The first kappa shape index (κ1) is 17.1. The number of hydrogen-bond acceptors (Lipinski definition) is 4. The largest absolute Gasteiger partial charge is 0.497 e. The molecule has 5 heteroatoms. The summed E-state index contributed by atoms with van der Waals surface area (Å²) in [6.45, 7) is 1.88. The Morgan fingerprint density at radius 3 is 2.56 bits per heavy atom. The third-order valence-electron chi connectivity index (χ3n) is 4.14. The number of fused-ring (bicyclic) bond motifs is 1. The molecule has 0 saturated heterocycles. The molecule has 0 unspecified atom stereocenters. The van der Waals surface area contributed by atoms with Gasteiger partial charge in [0.2, 0.25) is 0 Å². The number of carbonyl (C=O) groups is 1. The quantitative estimate of drug-likeness (QED) is 0.786. The van der Waals surface area contributed by atoms with Crippen LogP contribution in [0.25, 0.3) is 0 Å². The lowest BCUT2D eigenvalue weighted by Crippen LogP contribution is -2.24. The molecule has 0 radical (unpaired) electrons. The molecule has 132 valence electrons. The average Bonchev–Trinajstić information content (AvgIpc) is 2.67. The Hall–Kier alpha value is -2.69. The lowest BCUT2D eigenvalue weighted by Gasteiger charge is -2.18. The van der Waals surface area contributed by atoms with Crippen molar-refractivity contribution in [2.45, 2.75) is 19.3 Å². The Balaban J connectivity index is 1.39. The number of rotatable bonds is 7. The lowest BCUT2D eigenvalue weighted by molar-refractivity contribution is 0.0953. The maximum atomic E-state index is 12.1. The fourth-order valence-electron chi connectivity index (χ4n) is 2.74. The Morgan fingerprint density at radius 1 is 1.04 bits per heavy atom. The van der Waals surface area contributed by atoms with E-state index in [4.69, 9.17) is 14.2 Å². The summed E-state index contributed by atoms with van der Waals surface area (Å²) in [6.07, 6.45) is 2.88. The molecule has 2 aromatic rings. The second-order valence-electron chi connectivity index (χ2n) is 5.92. The third-order valence-corrected chi connectivity index (χ3v) is 4.14. The van der Waals surface area contributed by atoms with Crippen molar-refractivity contribution in [2.75, 3.05) is 26.9 Å². The standard InChI is InChI=1S/C20H23NO4/c1-23-17-8-6-16(7-9-17)20(22)21-11-3-2-4-15-5-10-18-19(14-15)25-13-12-24-18/h5-10,14H,2-4,11-13H2,1H3,(H,21,22). The van der Waals surface area contributed by atoms with Crippen LogP contribution in [0.4, 0.5) is 0 Å². The Morgan fingerprint density at radius 2 is 1.80 bits per heavy atom. The van der Waals surface area contributed by atoms with Crippen LogP contribution < -0.4 is 19.5 Å². The summed E-state index contributed by atoms with van der Waals surface area (Å²) in [5, 5.41) is 2.95. The van der Waals surface area contributed by atoms with Crippen LogP contribution in [0.2, 0.25) is 0 Å². The van der Waals surface area contributed by atoms with E-state index in [-0.39, 0.29) is 5.91 Å². The number of unbranched alkanes of at least 4 members (excludes halogenated alkanes) is 1. The highest BCUT2D eigenvalue weighted by Crippen LogP contribution is 2.31. The summed E-state index contributed by atoms with van der Waals surface area (Å²) < 4.78 is 16.2. The van der Waals surface area contributed by atoms with Gasteiger partial charge in [0.15, 0.2) is 11.5 Å². The van der Waals surface area contributed by atoms with Crippen molar-refractivity contribution in [3.63, 3.8) is 0 Å². The first-order chi connectivity index (χ1) is 12.3. The molecule has 0 aliphatic carbocycles. The van der Waals surface area contributed by atoms with Gasteiger partial charge in [-0.3, -0.25) is 4.79 Å². The predicted molar refractivity (Wildman–Crippen MR) is 95.7 cm³/mol. The van der Waals surface area contributed by atoms with E-state index in [0.717, 1.165) is 36.5 Å². The van der Waals surface area contributed by atoms with Crippen LogP contribution in [-0.4, -0.2) is 32.8 Å². The minimum absolute atomic E-state index is 0.0537. The lowest BCUT2D eigenvalue weighted by atomic mass is 10.1. The van der Waals surface area contributed by atoms with Gasteiger partial charge in [-0.05, 0) is 61.2 Å². The van der Waals surface area contributed by atoms with Gasteiger partial charge in [0.25, 0.3) is 5.91 Å². The molecule has 0 atom stereocenters. The average molecular weight is 341 g/mol. The summed E-state index contributed by atoms with van der Waals surface area (Å²) >= 11 is 0. The molecule has 1 amide bonds. The molecule has 5 nitrogen and oxygen atoms in total. The van der Waals surface area contributed by atoms with Gasteiger partial charge in [0.1, 0.15) is 19.0 Å². The maximum absolute atomic E-state index is 12.1. The molecule has 0 bridgehead atoms. The molecule has 25 heavy (non-hydrogen) atoms. The summed E-state index contributed by atoms with van der Waals surface area (Å²) in [4.78, 5) is 12.1. The van der Waals surface area contributed by atoms with Crippen LogP contribution in [0.15, 0.2) is 42.5 Å². The Labute approximate surface area is 147 Å². The number of benzene rings is 2. The smallest absolute Gasteiger partial charge is 0.251 e. The van der Waals surface area contributed by atoms with Gasteiger partial charge < -0.3 is 19.5 Å². The number of ether oxygens (including phenoxy) is 3. The van der Waals surface area contributed by atoms with E-state index in [1.165, 1.54) is 5.56 Å². The van der Waals surface area contributed by atoms with Gasteiger partial charge in [-0.15, -0.1) is 0 Å². The molecule has 3 rings (SSSR count). The molecule has 0 spiro atoms. The van der Waals surface area contributed by atoms with Gasteiger partial charge in [0, 0.05) is 12.1 Å². The van der Waals surface area contributed by atoms with E-state index in [1.807, 2.05) is 12.1 Å². The minimum Gasteiger partial charge on any atom is -0.497 e. The van der Waals surface area contributed by atoms with Crippen molar-refractivity contribution in [1.82, 2.24) is 5.32 Å². The fourth-order valence-corrected chi connectivity index (χ4v) is 2.74. The van der Waals surface area contributed by atoms with E-state index >= 15 is 0 Å². The van der Waals surface area contributed by atoms with E-state index in [2.05, 4.69) is 11.4 Å². The highest BCUT2D eigenvalue weighted by molar-refractivity contribution is 5.94. The van der Waals surface area contributed by atoms with Crippen molar-refractivity contribution in [2.24, 2.45) is 0 Å². The third kappa shape index (κ3) is 4.66. The van der Waals surface area contributed by atoms with Crippen LogP contribution in [0.1, 0.15) is 28.8 Å². The Kier molecular flexibility index (Phi) is 5.77. The molecule has 0 saturated carbocycles. The van der Waals surface area contributed by atoms with Gasteiger partial charge in [-0.25, -0.2) is 0 Å². The van der Waals surface area contributed by atoms with Gasteiger partial charge >= 0.3 is 0 Å². The highest BCUT2D eigenvalue weighted by Gasteiger charge is 2.11. The number of hydrogen-bond donors (Lipinski definition) is 1. The molecule has 1 aliphatic rings. The number of methoxy groups -OCH3 is 1. The summed E-state index contributed by atoms with van der Waals surface area (Å²) in [7, 11) is 1.61. The number of nitrogens with one attached hydrogen (secondary N) is 1. The Bertz CT molecular complexity index is 712. The van der Waals surface area contributed by atoms with Crippen LogP contribution in [0, 0.1) is 0 Å². The zero-order valence-corrected chi connectivity index (χ0v) is 14.4. The molecule has 0 fully saturated rings. The molecule has 1 heterocycles. The maximum Gasteiger partial charge on any atom is 0.251 e. The fraction of sp³-hybridized carbons (Fsp3) is 0.350. The van der Waals surface area contributed by atoms with Crippen LogP contribution in [0.5, 0.6) is 17.2 Å². The van der Waals surface area contributed by atoms with E-state index in [9.17, 15) is 4.79 Å². The molecular formula is C20H23NO4.